The molecule has 1 fully saturated rings. The lowest BCUT2D eigenvalue weighted by Gasteiger charge is -2.24. The van der Waals surface area contributed by atoms with Crippen molar-refractivity contribution in [2.45, 2.75) is 24.9 Å². The van der Waals surface area contributed by atoms with E-state index in [4.69, 9.17) is 10.5 Å². The molecule has 0 aliphatic carbocycles. The third-order valence-electron chi connectivity index (χ3n) is 3.31. The van der Waals surface area contributed by atoms with Gasteiger partial charge in [-0.1, -0.05) is 6.07 Å². The number of primary amides is 1. The number of hydrogen-bond acceptors (Lipinski definition) is 2. The zero-order valence-electron chi connectivity index (χ0n) is 10.2. The van der Waals surface area contributed by atoms with E-state index < -0.39 is 17.6 Å². The molecule has 1 aromatic carbocycles. The van der Waals surface area contributed by atoms with Crippen molar-refractivity contribution in [3.8, 4) is 0 Å². The Morgan fingerprint density at radius 1 is 1.26 bits per heavy atom. The molecule has 0 saturated carbocycles. The van der Waals surface area contributed by atoms with Crippen LogP contribution in [0.2, 0.25) is 0 Å². The third kappa shape index (κ3) is 3.07. The van der Waals surface area contributed by atoms with Crippen LogP contribution in [0.5, 0.6) is 0 Å². The molecule has 0 unspecified atom stereocenters. The lowest BCUT2D eigenvalue weighted by atomic mass is 9.87. The van der Waals surface area contributed by atoms with Gasteiger partial charge in [0.25, 0.3) is 0 Å². The fourth-order valence-corrected chi connectivity index (χ4v) is 2.31. The summed E-state index contributed by atoms with van der Waals surface area (Å²) < 4.78 is 43.1. The summed E-state index contributed by atoms with van der Waals surface area (Å²) in [7, 11) is 0. The first kappa shape index (κ1) is 13.9. The van der Waals surface area contributed by atoms with Crippen LogP contribution in [0.3, 0.4) is 0 Å². The van der Waals surface area contributed by atoms with Crippen LogP contribution in [0.4, 0.5) is 13.2 Å². The maximum Gasteiger partial charge on any atom is 0.416 e. The van der Waals surface area contributed by atoms with Crippen molar-refractivity contribution < 1.29 is 22.7 Å². The number of benzene rings is 1. The van der Waals surface area contributed by atoms with Gasteiger partial charge in [0.05, 0.1) is 5.56 Å². The Morgan fingerprint density at radius 3 is 2.42 bits per heavy atom. The molecule has 1 heterocycles. The number of carbonyl (C=O) groups is 1. The highest BCUT2D eigenvalue weighted by Gasteiger charge is 2.32. The standard InChI is InChI=1S/C13H14F3NO2/c14-13(15,16)9-1-2-10(11(7-9)12(17)18)8-3-5-19-6-4-8/h1-2,7-8H,3-6H2,(H2,17,18). The monoisotopic (exact) mass is 273 g/mol. The zero-order valence-corrected chi connectivity index (χ0v) is 10.2. The van der Waals surface area contributed by atoms with Crippen LogP contribution < -0.4 is 5.73 Å². The average molecular weight is 273 g/mol. The molecule has 0 aromatic heterocycles. The Kier molecular flexibility index (Phi) is 3.80. The summed E-state index contributed by atoms with van der Waals surface area (Å²) in [6.45, 7) is 1.09. The highest BCUT2D eigenvalue weighted by Crippen LogP contribution is 2.34. The topological polar surface area (TPSA) is 52.3 Å². The number of nitrogens with two attached hydrogens (primary N) is 1. The lowest BCUT2D eigenvalue weighted by Crippen LogP contribution is -2.21. The number of halogens is 3. The average Bonchev–Trinajstić information content (AvgIpc) is 2.38. The van der Waals surface area contributed by atoms with E-state index in [0.29, 0.717) is 31.6 Å². The largest absolute Gasteiger partial charge is 0.416 e. The highest BCUT2D eigenvalue weighted by molar-refractivity contribution is 5.94. The quantitative estimate of drug-likeness (QED) is 0.900. The Balaban J connectivity index is 2.40. The van der Waals surface area contributed by atoms with Gasteiger partial charge in [0, 0.05) is 18.8 Å². The molecule has 1 amide bonds. The van der Waals surface area contributed by atoms with Gasteiger partial charge in [0.2, 0.25) is 5.91 Å². The second-order valence-electron chi connectivity index (χ2n) is 4.55. The van der Waals surface area contributed by atoms with Gasteiger partial charge in [0.15, 0.2) is 0 Å². The Hall–Kier alpha value is -1.56. The molecule has 104 valence electrons. The van der Waals surface area contributed by atoms with E-state index in [2.05, 4.69) is 0 Å². The van der Waals surface area contributed by atoms with E-state index in [1.54, 1.807) is 0 Å². The van der Waals surface area contributed by atoms with Crippen molar-refractivity contribution >= 4 is 5.91 Å². The highest BCUT2D eigenvalue weighted by atomic mass is 19.4. The molecule has 0 atom stereocenters. The first-order valence-electron chi connectivity index (χ1n) is 5.98. The summed E-state index contributed by atoms with van der Waals surface area (Å²) in [5.74, 6) is -0.800. The molecule has 0 radical (unpaired) electrons. The van der Waals surface area contributed by atoms with Crippen LogP contribution >= 0.6 is 0 Å². The molecule has 2 N–H and O–H groups in total. The van der Waals surface area contributed by atoms with E-state index >= 15 is 0 Å². The summed E-state index contributed by atoms with van der Waals surface area (Å²) in [5, 5.41) is 0. The fourth-order valence-electron chi connectivity index (χ4n) is 2.31. The molecule has 0 bridgehead atoms. The minimum Gasteiger partial charge on any atom is -0.381 e. The number of hydrogen-bond donors (Lipinski definition) is 1. The molecule has 1 aliphatic rings. The van der Waals surface area contributed by atoms with Crippen molar-refractivity contribution in [1.82, 2.24) is 0 Å². The predicted octanol–water partition coefficient (Wildman–Crippen LogP) is 2.70. The van der Waals surface area contributed by atoms with Gasteiger partial charge in [0.1, 0.15) is 0 Å². The number of amides is 1. The van der Waals surface area contributed by atoms with Gasteiger partial charge >= 0.3 is 6.18 Å². The Morgan fingerprint density at radius 2 is 1.89 bits per heavy atom. The van der Waals surface area contributed by atoms with Crippen LogP contribution in [0.1, 0.15) is 40.2 Å². The van der Waals surface area contributed by atoms with Crippen molar-refractivity contribution in [3.05, 3.63) is 34.9 Å². The summed E-state index contributed by atoms with van der Waals surface area (Å²) in [6.07, 6.45) is -3.10. The first-order chi connectivity index (χ1) is 8.89. The minimum absolute atomic E-state index is 0.0264. The molecule has 0 spiro atoms. The molecule has 1 aliphatic heterocycles. The van der Waals surface area contributed by atoms with Crippen LogP contribution in [0.15, 0.2) is 18.2 Å². The van der Waals surface area contributed by atoms with Crippen LogP contribution in [-0.4, -0.2) is 19.1 Å². The molecule has 1 saturated heterocycles. The maximum atomic E-state index is 12.6. The number of carbonyl (C=O) groups excluding carboxylic acids is 1. The van der Waals surface area contributed by atoms with Gasteiger partial charge in [-0.05, 0) is 36.5 Å². The zero-order chi connectivity index (χ0) is 14.0. The van der Waals surface area contributed by atoms with Gasteiger partial charge in [-0.15, -0.1) is 0 Å². The smallest absolute Gasteiger partial charge is 0.381 e. The van der Waals surface area contributed by atoms with E-state index in [-0.39, 0.29) is 11.5 Å². The fraction of sp³-hybridized carbons (Fsp3) is 0.462. The summed E-state index contributed by atoms with van der Waals surface area (Å²) in [5.41, 5.74) is 4.89. The number of ether oxygens (including phenoxy) is 1. The predicted molar refractivity (Wildman–Crippen MR) is 62.8 cm³/mol. The molecule has 1 aromatic rings. The van der Waals surface area contributed by atoms with Gasteiger partial charge < -0.3 is 10.5 Å². The van der Waals surface area contributed by atoms with E-state index in [1.165, 1.54) is 6.07 Å². The minimum atomic E-state index is -4.47. The van der Waals surface area contributed by atoms with Gasteiger partial charge in [-0.25, -0.2) is 0 Å². The lowest BCUT2D eigenvalue weighted by molar-refractivity contribution is -0.137. The summed E-state index contributed by atoms with van der Waals surface area (Å²) >= 11 is 0. The normalized spacial score (nSPS) is 17.4. The van der Waals surface area contributed by atoms with Crippen molar-refractivity contribution in [2.75, 3.05) is 13.2 Å². The molecule has 2 rings (SSSR count). The van der Waals surface area contributed by atoms with Crippen molar-refractivity contribution in [1.29, 1.82) is 0 Å². The second-order valence-corrected chi connectivity index (χ2v) is 4.55. The maximum absolute atomic E-state index is 12.6. The molecular weight excluding hydrogens is 259 g/mol. The molecule has 3 nitrogen and oxygen atoms in total. The number of alkyl halides is 3. The third-order valence-corrected chi connectivity index (χ3v) is 3.31. The number of rotatable bonds is 2. The van der Waals surface area contributed by atoms with E-state index in [9.17, 15) is 18.0 Å². The summed E-state index contributed by atoms with van der Waals surface area (Å²) in [4.78, 5) is 11.4. The van der Waals surface area contributed by atoms with E-state index in [0.717, 1.165) is 12.1 Å². The van der Waals surface area contributed by atoms with Crippen molar-refractivity contribution in [3.63, 3.8) is 0 Å². The first-order valence-corrected chi connectivity index (χ1v) is 5.98. The van der Waals surface area contributed by atoms with Crippen LogP contribution in [0, 0.1) is 0 Å². The second kappa shape index (κ2) is 5.21. The molecule has 6 heteroatoms. The van der Waals surface area contributed by atoms with Crippen LogP contribution in [-0.2, 0) is 10.9 Å². The SMILES string of the molecule is NC(=O)c1cc(C(F)(F)F)ccc1C1CCOCC1. The Bertz CT molecular complexity index is 479. The van der Waals surface area contributed by atoms with Gasteiger partial charge in [-0.2, -0.15) is 13.2 Å². The van der Waals surface area contributed by atoms with Gasteiger partial charge in [-0.3, -0.25) is 4.79 Å². The molecular formula is C13H14F3NO2. The molecule has 19 heavy (non-hydrogen) atoms. The van der Waals surface area contributed by atoms with Crippen LogP contribution in [0.25, 0.3) is 0 Å². The summed E-state index contributed by atoms with van der Waals surface area (Å²) in [6, 6.07) is 3.20. The van der Waals surface area contributed by atoms with E-state index in [1.807, 2.05) is 0 Å². The van der Waals surface area contributed by atoms with Crippen molar-refractivity contribution in [2.24, 2.45) is 5.73 Å². The Labute approximate surface area is 108 Å².